The maximum absolute atomic E-state index is 12.0. The Labute approximate surface area is 122 Å². The number of esters is 1. The Bertz CT molecular complexity index is 564. The lowest BCUT2D eigenvalue weighted by Gasteiger charge is -2.03. The molecule has 0 radical (unpaired) electrons. The molecule has 0 heterocycles. The van der Waals surface area contributed by atoms with Crippen LogP contribution in [0.15, 0.2) is 24.3 Å². The summed E-state index contributed by atoms with van der Waals surface area (Å²) in [6.45, 7) is 2.07. The molecule has 0 spiro atoms. The topological polar surface area (TPSA) is 80.7 Å². The van der Waals surface area contributed by atoms with E-state index >= 15 is 0 Å². The number of ether oxygens (including phenoxy) is 1. The summed E-state index contributed by atoms with van der Waals surface area (Å²) < 4.78 is 4.89. The zero-order valence-electron chi connectivity index (χ0n) is 11.9. The Morgan fingerprint density at radius 2 is 2.05 bits per heavy atom. The molecule has 1 aliphatic rings. The lowest BCUT2D eigenvalue weighted by molar-refractivity contribution is -0.145. The van der Waals surface area contributed by atoms with Crippen molar-refractivity contribution in [3.8, 4) is 0 Å². The van der Waals surface area contributed by atoms with Crippen LogP contribution in [0.4, 0.5) is 0 Å². The summed E-state index contributed by atoms with van der Waals surface area (Å²) in [5.41, 5.74) is 1.03. The number of carbonyl (C=O) groups is 3. The van der Waals surface area contributed by atoms with Gasteiger partial charge in [0.25, 0.3) is 0 Å². The van der Waals surface area contributed by atoms with Gasteiger partial charge in [-0.25, -0.2) is 4.79 Å². The van der Waals surface area contributed by atoms with Crippen LogP contribution in [0, 0.1) is 11.8 Å². The third-order valence-corrected chi connectivity index (χ3v) is 3.63. The average molecular weight is 290 g/mol. The van der Waals surface area contributed by atoms with Gasteiger partial charge in [-0.1, -0.05) is 12.1 Å². The monoisotopic (exact) mass is 290 g/mol. The molecule has 1 N–H and O–H groups in total. The highest BCUT2D eigenvalue weighted by Gasteiger charge is 2.48. The van der Waals surface area contributed by atoms with E-state index in [4.69, 9.17) is 9.84 Å². The van der Waals surface area contributed by atoms with Gasteiger partial charge >= 0.3 is 11.9 Å². The van der Waals surface area contributed by atoms with Crippen molar-refractivity contribution >= 4 is 17.7 Å². The van der Waals surface area contributed by atoms with Crippen molar-refractivity contribution in [1.29, 1.82) is 0 Å². The highest BCUT2D eigenvalue weighted by molar-refractivity contribution is 5.91. The summed E-state index contributed by atoms with van der Waals surface area (Å²) in [7, 11) is 0. The van der Waals surface area contributed by atoms with Crippen molar-refractivity contribution in [2.24, 2.45) is 11.8 Å². The van der Waals surface area contributed by atoms with Crippen LogP contribution in [-0.2, 0) is 20.7 Å². The summed E-state index contributed by atoms with van der Waals surface area (Å²) >= 11 is 0. The van der Waals surface area contributed by atoms with Crippen LogP contribution in [0.25, 0.3) is 0 Å². The van der Waals surface area contributed by atoms with E-state index in [1.165, 1.54) is 6.07 Å². The number of aromatic carboxylic acids is 1. The fraction of sp³-hybridized carbons (Fsp3) is 0.438. The number of rotatable bonds is 7. The Morgan fingerprint density at radius 3 is 2.71 bits per heavy atom. The molecule has 5 nitrogen and oxygen atoms in total. The van der Waals surface area contributed by atoms with Gasteiger partial charge in [0, 0.05) is 12.3 Å². The molecule has 0 amide bonds. The van der Waals surface area contributed by atoms with Gasteiger partial charge in [-0.05, 0) is 37.5 Å². The Kier molecular flexibility index (Phi) is 4.73. The molecule has 0 bridgehead atoms. The molecule has 1 aliphatic carbocycles. The first-order valence-corrected chi connectivity index (χ1v) is 7.04. The number of hydrogen-bond acceptors (Lipinski definition) is 4. The lowest BCUT2D eigenvalue weighted by atomic mass is 10.0. The predicted octanol–water partition coefficient (Wildman–Crippen LogP) is 2.09. The molecule has 2 rings (SSSR count). The number of aryl methyl sites for hydroxylation is 1. The molecule has 5 heteroatoms. The first-order chi connectivity index (χ1) is 10.0. The average Bonchev–Trinajstić information content (AvgIpc) is 3.26. The molecule has 1 fully saturated rings. The second-order valence-corrected chi connectivity index (χ2v) is 5.17. The van der Waals surface area contributed by atoms with E-state index in [9.17, 15) is 14.4 Å². The number of benzene rings is 1. The van der Waals surface area contributed by atoms with E-state index in [0.29, 0.717) is 25.9 Å². The molecule has 0 aliphatic heterocycles. The second-order valence-electron chi connectivity index (χ2n) is 5.17. The van der Waals surface area contributed by atoms with Gasteiger partial charge in [0.15, 0.2) is 0 Å². The van der Waals surface area contributed by atoms with Gasteiger partial charge in [0.2, 0.25) is 0 Å². The Hall–Kier alpha value is -2.17. The summed E-state index contributed by atoms with van der Waals surface area (Å²) in [4.78, 5) is 34.3. The van der Waals surface area contributed by atoms with Crippen LogP contribution in [0.2, 0.25) is 0 Å². The van der Waals surface area contributed by atoms with Gasteiger partial charge in [0.05, 0.1) is 18.1 Å². The van der Waals surface area contributed by atoms with E-state index in [1.54, 1.807) is 25.1 Å². The van der Waals surface area contributed by atoms with E-state index in [1.807, 2.05) is 0 Å². The van der Waals surface area contributed by atoms with Crippen molar-refractivity contribution in [2.75, 3.05) is 6.61 Å². The van der Waals surface area contributed by atoms with Crippen molar-refractivity contribution in [3.63, 3.8) is 0 Å². The zero-order chi connectivity index (χ0) is 15.4. The predicted molar refractivity (Wildman–Crippen MR) is 75.0 cm³/mol. The molecule has 1 aromatic carbocycles. The van der Waals surface area contributed by atoms with Crippen LogP contribution in [-0.4, -0.2) is 29.4 Å². The van der Waals surface area contributed by atoms with Crippen molar-refractivity contribution in [1.82, 2.24) is 0 Å². The zero-order valence-corrected chi connectivity index (χ0v) is 11.9. The van der Waals surface area contributed by atoms with Gasteiger partial charge in [-0.3, -0.25) is 9.59 Å². The number of carboxylic acids is 1. The van der Waals surface area contributed by atoms with Crippen LogP contribution in [0.5, 0.6) is 0 Å². The minimum absolute atomic E-state index is 0.0498. The molecule has 2 atom stereocenters. The molecule has 112 valence electrons. The Balaban J connectivity index is 1.84. The van der Waals surface area contributed by atoms with Gasteiger partial charge < -0.3 is 9.84 Å². The van der Waals surface area contributed by atoms with E-state index < -0.39 is 5.97 Å². The fourth-order valence-corrected chi connectivity index (χ4v) is 2.37. The maximum atomic E-state index is 12.0. The molecular weight excluding hydrogens is 272 g/mol. The van der Waals surface area contributed by atoms with Gasteiger partial charge in [0.1, 0.15) is 5.78 Å². The minimum atomic E-state index is -0.979. The summed E-state index contributed by atoms with van der Waals surface area (Å²) in [6, 6.07) is 6.56. The molecule has 0 saturated heterocycles. The highest BCUT2D eigenvalue weighted by atomic mass is 16.5. The second kappa shape index (κ2) is 6.52. The summed E-state index contributed by atoms with van der Waals surface area (Å²) in [5.74, 6) is -1.71. The number of ketones is 1. The Morgan fingerprint density at radius 1 is 1.29 bits per heavy atom. The smallest absolute Gasteiger partial charge is 0.335 e. The van der Waals surface area contributed by atoms with Gasteiger partial charge in [-0.2, -0.15) is 0 Å². The highest BCUT2D eigenvalue weighted by Crippen LogP contribution is 2.41. The van der Waals surface area contributed by atoms with Crippen LogP contribution in [0.1, 0.15) is 35.7 Å². The molecule has 1 saturated carbocycles. The van der Waals surface area contributed by atoms with Gasteiger partial charge in [-0.15, -0.1) is 0 Å². The normalized spacial score (nSPS) is 19.9. The number of Topliss-reactive ketones (excluding diaryl/α,β-unsaturated/α-hetero) is 1. The quantitative estimate of drug-likeness (QED) is 0.778. The molecule has 21 heavy (non-hydrogen) atoms. The third-order valence-electron chi connectivity index (χ3n) is 3.63. The lowest BCUT2D eigenvalue weighted by Crippen LogP contribution is -2.12. The van der Waals surface area contributed by atoms with E-state index in [2.05, 4.69) is 0 Å². The van der Waals surface area contributed by atoms with Crippen molar-refractivity contribution < 1.29 is 24.2 Å². The number of carboxylic acid groups (broad SMARTS) is 1. The molecule has 0 unspecified atom stereocenters. The van der Waals surface area contributed by atoms with Crippen molar-refractivity contribution in [3.05, 3.63) is 35.4 Å². The van der Waals surface area contributed by atoms with E-state index in [0.717, 1.165) is 5.56 Å². The number of hydrogen-bond donors (Lipinski definition) is 1. The fourth-order valence-electron chi connectivity index (χ4n) is 2.37. The summed E-state index contributed by atoms with van der Waals surface area (Å²) in [5, 5.41) is 8.91. The molecule has 0 aromatic heterocycles. The first-order valence-electron chi connectivity index (χ1n) is 7.04. The SMILES string of the molecule is CCOC(=O)[C@H]1C[C@@H]1C(=O)CCc1cccc(C(=O)O)c1. The molecular formula is C16H18O5. The maximum Gasteiger partial charge on any atom is 0.335 e. The number of carbonyl (C=O) groups excluding carboxylic acids is 2. The molecule has 1 aromatic rings. The van der Waals surface area contributed by atoms with Crippen LogP contribution >= 0.6 is 0 Å². The third kappa shape index (κ3) is 3.90. The summed E-state index contributed by atoms with van der Waals surface area (Å²) in [6.07, 6.45) is 1.39. The van der Waals surface area contributed by atoms with Crippen LogP contribution in [0.3, 0.4) is 0 Å². The minimum Gasteiger partial charge on any atom is -0.478 e. The van der Waals surface area contributed by atoms with E-state index in [-0.39, 0.29) is 29.2 Å². The van der Waals surface area contributed by atoms with Crippen molar-refractivity contribution in [2.45, 2.75) is 26.2 Å². The largest absolute Gasteiger partial charge is 0.478 e. The standard InChI is InChI=1S/C16H18O5/c1-2-21-16(20)13-9-12(13)14(17)7-6-10-4-3-5-11(8-10)15(18)19/h3-5,8,12-13H,2,6-7,9H2,1H3,(H,18,19)/t12-,13-/m0/s1. The van der Waals surface area contributed by atoms with Crippen LogP contribution < -0.4 is 0 Å². The first kappa shape index (κ1) is 15.2.